The first-order valence-corrected chi connectivity index (χ1v) is 3.81. The minimum Gasteiger partial charge on any atom is -0.497 e. The van der Waals surface area contributed by atoms with Crippen LogP contribution in [-0.4, -0.2) is 12.3 Å². The lowest BCUT2D eigenvalue weighted by Crippen LogP contribution is -2.00. The van der Waals surface area contributed by atoms with Crippen molar-refractivity contribution in [1.29, 1.82) is 0 Å². The average molecular weight is 183 g/mol. The van der Waals surface area contributed by atoms with Crippen LogP contribution in [0, 0.1) is 0 Å². The maximum absolute atomic E-state index is 10.5. The first-order chi connectivity index (χ1) is 5.72. The standard InChI is InChI=1S/C8H9NO2S/c1-11-7-4-2-3-6(5-7)9-8(10)12/h2-5H,1H3,(H2,9,10,12). The fourth-order valence-corrected chi connectivity index (χ4v) is 0.953. The summed E-state index contributed by atoms with van der Waals surface area (Å²) in [6, 6.07) is 7.07. The van der Waals surface area contributed by atoms with E-state index in [1.165, 1.54) is 0 Å². The van der Waals surface area contributed by atoms with Gasteiger partial charge in [-0.3, -0.25) is 4.79 Å². The van der Waals surface area contributed by atoms with Gasteiger partial charge in [0.1, 0.15) is 5.75 Å². The Morgan fingerprint density at radius 3 is 2.92 bits per heavy atom. The van der Waals surface area contributed by atoms with Gasteiger partial charge in [-0.1, -0.05) is 18.7 Å². The van der Waals surface area contributed by atoms with Crippen LogP contribution < -0.4 is 10.1 Å². The Bertz CT molecular complexity index is 288. The first-order valence-electron chi connectivity index (χ1n) is 3.36. The van der Waals surface area contributed by atoms with Gasteiger partial charge < -0.3 is 10.1 Å². The first kappa shape index (κ1) is 8.93. The largest absolute Gasteiger partial charge is 0.497 e. The molecule has 0 radical (unpaired) electrons. The lowest BCUT2D eigenvalue weighted by Gasteiger charge is -2.03. The van der Waals surface area contributed by atoms with Crippen LogP contribution in [0.4, 0.5) is 10.5 Å². The number of hydrogen-bond donors (Lipinski definition) is 2. The molecule has 0 aliphatic carbocycles. The molecule has 0 saturated heterocycles. The average Bonchev–Trinajstić information content (AvgIpc) is 2.03. The third kappa shape index (κ3) is 2.47. The van der Waals surface area contributed by atoms with Gasteiger partial charge in [0.2, 0.25) is 0 Å². The van der Waals surface area contributed by atoms with Gasteiger partial charge in [0.15, 0.2) is 0 Å². The van der Waals surface area contributed by atoms with E-state index in [4.69, 9.17) is 4.74 Å². The molecule has 0 aromatic heterocycles. The molecule has 0 spiro atoms. The predicted molar refractivity (Wildman–Crippen MR) is 51.0 cm³/mol. The van der Waals surface area contributed by atoms with Gasteiger partial charge in [0.05, 0.1) is 7.11 Å². The Kier molecular flexibility index (Phi) is 2.99. The Hall–Kier alpha value is -1.16. The summed E-state index contributed by atoms with van der Waals surface area (Å²) < 4.78 is 4.96. The van der Waals surface area contributed by atoms with Crippen LogP contribution in [0.1, 0.15) is 0 Å². The number of methoxy groups -OCH3 is 1. The summed E-state index contributed by atoms with van der Waals surface area (Å²) in [5.41, 5.74) is 0.675. The van der Waals surface area contributed by atoms with Gasteiger partial charge >= 0.3 is 0 Å². The zero-order valence-electron chi connectivity index (χ0n) is 6.57. The number of carbonyl (C=O) groups is 1. The monoisotopic (exact) mass is 183 g/mol. The molecule has 0 saturated carbocycles. The highest BCUT2D eigenvalue weighted by Gasteiger charge is 1.96. The van der Waals surface area contributed by atoms with Crippen molar-refractivity contribution in [2.45, 2.75) is 0 Å². The van der Waals surface area contributed by atoms with E-state index >= 15 is 0 Å². The van der Waals surface area contributed by atoms with Crippen LogP contribution in [0.3, 0.4) is 0 Å². The van der Waals surface area contributed by atoms with Crippen molar-refractivity contribution < 1.29 is 9.53 Å². The maximum Gasteiger partial charge on any atom is 0.280 e. The molecule has 4 heteroatoms. The molecule has 1 aromatic rings. The zero-order valence-corrected chi connectivity index (χ0v) is 7.47. The van der Waals surface area contributed by atoms with E-state index in [1.807, 2.05) is 0 Å². The van der Waals surface area contributed by atoms with E-state index < -0.39 is 0 Å². The van der Waals surface area contributed by atoms with Gasteiger partial charge in [-0.2, -0.15) is 0 Å². The number of ether oxygens (including phenoxy) is 1. The Morgan fingerprint density at radius 1 is 1.58 bits per heavy atom. The molecule has 0 bridgehead atoms. The molecule has 0 heterocycles. The number of amides is 1. The summed E-state index contributed by atoms with van der Waals surface area (Å²) >= 11 is 3.58. The van der Waals surface area contributed by atoms with Crippen molar-refractivity contribution in [3.63, 3.8) is 0 Å². The molecule has 0 unspecified atom stereocenters. The van der Waals surface area contributed by atoms with Crippen LogP contribution >= 0.6 is 12.6 Å². The number of carbonyl (C=O) groups excluding carboxylic acids is 1. The van der Waals surface area contributed by atoms with Crippen LogP contribution in [0.15, 0.2) is 24.3 Å². The summed E-state index contributed by atoms with van der Waals surface area (Å²) in [6.07, 6.45) is 0. The van der Waals surface area contributed by atoms with E-state index in [1.54, 1.807) is 31.4 Å². The minimum atomic E-state index is -0.386. The SMILES string of the molecule is COc1cccc(NC(=O)S)c1. The number of anilines is 1. The topological polar surface area (TPSA) is 38.3 Å². The lowest BCUT2D eigenvalue weighted by atomic mass is 10.3. The smallest absolute Gasteiger partial charge is 0.280 e. The third-order valence-electron chi connectivity index (χ3n) is 1.32. The van der Waals surface area contributed by atoms with Gasteiger partial charge in [-0.15, -0.1) is 0 Å². The highest BCUT2D eigenvalue weighted by atomic mass is 32.1. The predicted octanol–water partition coefficient (Wildman–Crippen LogP) is 2.16. The van der Waals surface area contributed by atoms with E-state index in [-0.39, 0.29) is 5.24 Å². The number of thiol groups is 1. The fraction of sp³-hybridized carbons (Fsp3) is 0.125. The third-order valence-corrected chi connectivity index (χ3v) is 1.43. The summed E-state index contributed by atoms with van der Waals surface area (Å²) in [4.78, 5) is 10.5. The van der Waals surface area contributed by atoms with Gasteiger partial charge in [-0.05, 0) is 12.1 Å². The van der Waals surface area contributed by atoms with E-state index in [0.29, 0.717) is 11.4 Å². The molecule has 1 rings (SSSR count). The molecule has 0 aliphatic rings. The second kappa shape index (κ2) is 4.01. The molecule has 0 aliphatic heterocycles. The van der Waals surface area contributed by atoms with Crippen LogP contribution in [-0.2, 0) is 0 Å². The molecule has 0 fully saturated rings. The van der Waals surface area contributed by atoms with E-state index in [0.717, 1.165) is 0 Å². The summed E-state index contributed by atoms with van der Waals surface area (Å²) in [5.74, 6) is 0.703. The molecular weight excluding hydrogens is 174 g/mol. The van der Waals surface area contributed by atoms with Crippen molar-refractivity contribution in [3.8, 4) is 5.75 Å². The zero-order chi connectivity index (χ0) is 8.97. The number of nitrogens with one attached hydrogen (secondary N) is 1. The molecule has 1 N–H and O–H groups in total. The maximum atomic E-state index is 10.5. The second-order valence-electron chi connectivity index (χ2n) is 2.16. The summed E-state index contributed by atoms with van der Waals surface area (Å²) in [6.45, 7) is 0. The van der Waals surface area contributed by atoms with Crippen LogP contribution in [0.25, 0.3) is 0 Å². The molecule has 12 heavy (non-hydrogen) atoms. The highest BCUT2D eigenvalue weighted by molar-refractivity contribution is 7.96. The van der Waals surface area contributed by atoms with Crippen molar-refractivity contribution >= 4 is 23.6 Å². The van der Waals surface area contributed by atoms with Crippen molar-refractivity contribution in [3.05, 3.63) is 24.3 Å². The quantitative estimate of drug-likeness (QED) is 0.689. The van der Waals surface area contributed by atoms with Gasteiger partial charge in [-0.25, -0.2) is 0 Å². The lowest BCUT2D eigenvalue weighted by molar-refractivity contribution is 0.270. The highest BCUT2D eigenvalue weighted by Crippen LogP contribution is 2.16. The fourth-order valence-electron chi connectivity index (χ4n) is 0.824. The second-order valence-corrected chi connectivity index (χ2v) is 2.57. The van der Waals surface area contributed by atoms with Crippen molar-refractivity contribution in [2.75, 3.05) is 12.4 Å². The van der Waals surface area contributed by atoms with Crippen molar-refractivity contribution in [2.24, 2.45) is 0 Å². The molecular formula is C8H9NO2S. The minimum absolute atomic E-state index is 0.386. The Morgan fingerprint density at radius 2 is 2.33 bits per heavy atom. The molecule has 64 valence electrons. The molecule has 1 amide bonds. The van der Waals surface area contributed by atoms with Crippen LogP contribution in [0.5, 0.6) is 5.75 Å². The van der Waals surface area contributed by atoms with Crippen LogP contribution in [0.2, 0.25) is 0 Å². The normalized spacial score (nSPS) is 9.17. The Balaban J connectivity index is 2.79. The number of benzene rings is 1. The molecule has 0 atom stereocenters. The van der Waals surface area contributed by atoms with E-state index in [9.17, 15) is 4.79 Å². The molecule has 1 aromatic carbocycles. The number of hydrogen-bond acceptors (Lipinski definition) is 2. The number of rotatable bonds is 2. The summed E-state index contributed by atoms with van der Waals surface area (Å²) in [5, 5.41) is 2.14. The van der Waals surface area contributed by atoms with E-state index in [2.05, 4.69) is 17.9 Å². The molecule has 3 nitrogen and oxygen atoms in total. The van der Waals surface area contributed by atoms with Crippen molar-refractivity contribution in [1.82, 2.24) is 0 Å². The van der Waals surface area contributed by atoms with Gasteiger partial charge in [0, 0.05) is 11.8 Å². The Labute approximate surface area is 76.1 Å². The van der Waals surface area contributed by atoms with Gasteiger partial charge in [0.25, 0.3) is 5.24 Å². The summed E-state index contributed by atoms with van der Waals surface area (Å²) in [7, 11) is 1.57.